The highest BCUT2D eigenvalue weighted by Crippen LogP contribution is 2.36. The van der Waals surface area contributed by atoms with Gasteiger partial charge in [-0.05, 0) is 18.1 Å². The van der Waals surface area contributed by atoms with E-state index in [1.807, 2.05) is 12.1 Å². The van der Waals surface area contributed by atoms with Gasteiger partial charge in [0.05, 0.1) is 22.8 Å². The first-order valence-corrected chi connectivity index (χ1v) is 7.26. The lowest BCUT2D eigenvalue weighted by atomic mass is 10.0. The van der Waals surface area contributed by atoms with Crippen molar-refractivity contribution < 1.29 is 8.95 Å². The van der Waals surface area contributed by atoms with Crippen LogP contribution in [0.3, 0.4) is 0 Å². The number of fused-ring (bicyclic) bond motifs is 1. The maximum Gasteiger partial charge on any atom is 0.135 e. The van der Waals surface area contributed by atoms with Gasteiger partial charge in [-0.25, -0.2) is 0 Å². The minimum Gasteiger partial charge on any atom is -0.495 e. The molecule has 0 saturated heterocycles. The Labute approximate surface area is 105 Å². The molecule has 1 aromatic rings. The van der Waals surface area contributed by atoms with E-state index < -0.39 is 10.8 Å². The maximum absolute atomic E-state index is 12.1. The Morgan fingerprint density at radius 2 is 2.24 bits per heavy atom. The Morgan fingerprint density at radius 1 is 1.47 bits per heavy atom. The van der Waals surface area contributed by atoms with Crippen LogP contribution < -0.4 is 10.1 Å². The molecule has 17 heavy (non-hydrogen) atoms. The van der Waals surface area contributed by atoms with Gasteiger partial charge in [0, 0.05) is 17.8 Å². The van der Waals surface area contributed by atoms with E-state index in [1.165, 1.54) is 0 Å². The lowest BCUT2D eigenvalue weighted by molar-refractivity contribution is 0.394. The third kappa shape index (κ3) is 2.53. The van der Waals surface area contributed by atoms with Crippen LogP contribution in [0.5, 0.6) is 5.75 Å². The van der Waals surface area contributed by atoms with E-state index in [0.29, 0.717) is 11.8 Å². The first-order valence-electron chi connectivity index (χ1n) is 5.94. The second-order valence-corrected chi connectivity index (χ2v) is 6.10. The monoisotopic (exact) mass is 253 g/mol. The molecule has 0 bridgehead atoms. The molecule has 2 atom stereocenters. The first-order chi connectivity index (χ1) is 8.13. The Kier molecular flexibility index (Phi) is 3.84. The third-order valence-corrected chi connectivity index (χ3v) is 4.46. The van der Waals surface area contributed by atoms with Crippen LogP contribution in [0.25, 0.3) is 0 Å². The molecule has 0 aliphatic carbocycles. The molecule has 1 aliphatic rings. The second kappa shape index (κ2) is 5.19. The summed E-state index contributed by atoms with van der Waals surface area (Å²) in [5.41, 5.74) is 1.13. The van der Waals surface area contributed by atoms with E-state index in [4.69, 9.17) is 4.74 Å². The van der Waals surface area contributed by atoms with Crippen molar-refractivity contribution in [2.24, 2.45) is 0 Å². The SMILES string of the molecule is COc1cccc2c1S(=O)CCC2NC(C)C. The molecule has 94 valence electrons. The van der Waals surface area contributed by atoms with Crippen molar-refractivity contribution in [3.05, 3.63) is 23.8 Å². The van der Waals surface area contributed by atoms with Gasteiger partial charge in [0.2, 0.25) is 0 Å². The number of benzene rings is 1. The third-order valence-electron chi connectivity index (χ3n) is 2.96. The normalized spacial score (nSPS) is 23.5. The summed E-state index contributed by atoms with van der Waals surface area (Å²) in [6.07, 6.45) is 0.922. The predicted molar refractivity (Wildman–Crippen MR) is 69.9 cm³/mol. The molecule has 1 aliphatic heterocycles. The summed E-state index contributed by atoms with van der Waals surface area (Å²) in [6, 6.07) is 6.61. The average Bonchev–Trinajstić information content (AvgIpc) is 2.31. The van der Waals surface area contributed by atoms with Gasteiger partial charge in [-0.15, -0.1) is 0 Å². The number of nitrogens with one attached hydrogen (secondary N) is 1. The van der Waals surface area contributed by atoms with Crippen molar-refractivity contribution >= 4 is 10.8 Å². The van der Waals surface area contributed by atoms with Crippen LogP contribution in [-0.4, -0.2) is 23.1 Å². The number of hydrogen-bond acceptors (Lipinski definition) is 3. The highest BCUT2D eigenvalue weighted by atomic mass is 32.2. The zero-order chi connectivity index (χ0) is 12.4. The summed E-state index contributed by atoms with van der Waals surface area (Å²) in [4.78, 5) is 0.874. The Balaban J connectivity index is 2.42. The van der Waals surface area contributed by atoms with E-state index in [9.17, 15) is 4.21 Å². The Morgan fingerprint density at radius 3 is 2.88 bits per heavy atom. The molecule has 1 aromatic carbocycles. The molecule has 0 aromatic heterocycles. The fraction of sp³-hybridized carbons (Fsp3) is 0.538. The van der Waals surface area contributed by atoms with Crippen molar-refractivity contribution in [3.63, 3.8) is 0 Å². The smallest absolute Gasteiger partial charge is 0.135 e. The van der Waals surface area contributed by atoms with E-state index in [1.54, 1.807) is 7.11 Å². The summed E-state index contributed by atoms with van der Waals surface area (Å²) in [7, 11) is 0.704. The molecule has 1 heterocycles. The van der Waals surface area contributed by atoms with E-state index in [2.05, 4.69) is 25.2 Å². The van der Waals surface area contributed by atoms with Gasteiger partial charge in [-0.2, -0.15) is 0 Å². The van der Waals surface area contributed by atoms with Gasteiger partial charge in [0.25, 0.3) is 0 Å². The quantitative estimate of drug-likeness (QED) is 0.898. The van der Waals surface area contributed by atoms with Crippen molar-refractivity contribution in [1.29, 1.82) is 0 Å². The molecule has 2 unspecified atom stereocenters. The zero-order valence-corrected chi connectivity index (χ0v) is 11.3. The number of hydrogen-bond donors (Lipinski definition) is 1. The Bertz CT molecular complexity index is 431. The summed E-state index contributed by atoms with van der Waals surface area (Å²) in [5.74, 6) is 1.45. The number of rotatable bonds is 3. The molecule has 1 N–H and O–H groups in total. The summed E-state index contributed by atoms with van der Waals surface area (Å²) >= 11 is 0. The highest BCUT2D eigenvalue weighted by molar-refractivity contribution is 7.85. The molecular formula is C13H19NO2S. The van der Waals surface area contributed by atoms with Crippen LogP contribution in [-0.2, 0) is 10.8 Å². The topological polar surface area (TPSA) is 38.3 Å². The Hall–Kier alpha value is -0.870. The molecule has 0 radical (unpaired) electrons. The van der Waals surface area contributed by atoms with Crippen LogP contribution >= 0.6 is 0 Å². The molecule has 0 spiro atoms. The molecule has 0 fully saturated rings. The zero-order valence-electron chi connectivity index (χ0n) is 10.5. The van der Waals surface area contributed by atoms with Crippen molar-refractivity contribution in [3.8, 4) is 5.75 Å². The minimum absolute atomic E-state index is 0.290. The van der Waals surface area contributed by atoms with Crippen LogP contribution in [0, 0.1) is 0 Å². The van der Waals surface area contributed by atoms with Gasteiger partial charge in [-0.3, -0.25) is 4.21 Å². The molecule has 0 amide bonds. The van der Waals surface area contributed by atoms with Crippen molar-refractivity contribution in [2.45, 2.75) is 37.2 Å². The van der Waals surface area contributed by atoms with E-state index in [-0.39, 0.29) is 6.04 Å². The summed E-state index contributed by atoms with van der Waals surface area (Å²) in [5, 5.41) is 3.52. The second-order valence-electron chi connectivity index (χ2n) is 4.59. The lowest BCUT2D eigenvalue weighted by Crippen LogP contribution is -2.32. The average molecular weight is 253 g/mol. The van der Waals surface area contributed by atoms with Crippen LogP contribution in [0.4, 0.5) is 0 Å². The van der Waals surface area contributed by atoms with Gasteiger partial charge < -0.3 is 10.1 Å². The summed E-state index contributed by atoms with van der Waals surface area (Å²) in [6.45, 7) is 4.26. The highest BCUT2D eigenvalue weighted by Gasteiger charge is 2.27. The summed E-state index contributed by atoms with van der Waals surface area (Å²) < 4.78 is 17.4. The van der Waals surface area contributed by atoms with Crippen molar-refractivity contribution in [2.75, 3.05) is 12.9 Å². The molecule has 2 rings (SSSR count). The standard InChI is InChI=1S/C13H19NO2S/c1-9(2)14-11-7-8-17(15)13-10(11)5-4-6-12(13)16-3/h4-6,9,11,14H,7-8H2,1-3H3. The van der Waals surface area contributed by atoms with Crippen LogP contribution in [0.2, 0.25) is 0 Å². The van der Waals surface area contributed by atoms with Gasteiger partial charge in [-0.1, -0.05) is 26.0 Å². The fourth-order valence-corrected chi connectivity index (χ4v) is 3.77. The van der Waals surface area contributed by atoms with Gasteiger partial charge >= 0.3 is 0 Å². The van der Waals surface area contributed by atoms with Crippen molar-refractivity contribution in [1.82, 2.24) is 5.32 Å². The minimum atomic E-state index is -0.927. The molecular weight excluding hydrogens is 234 g/mol. The number of methoxy groups -OCH3 is 1. The number of ether oxygens (including phenoxy) is 1. The van der Waals surface area contributed by atoms with E-state index >= 15 is 0 Å². The molecule has 3 nitrogen and oxygen atoms in total. The maximum atomic E-state index is 12.1. The predicted octanol–water partition coefficient (Wildman–Crippen LogP) is 2.25. The van der Waals surface area contributed by atoms with Crippen LogP contribution in [0.15, 0.2) is 23.1 Å². The molecule has 4 heteroatoms. The van der Waals surface area contributed by atoms with Gasteiger partial charge in [0.1, 0.15) is 5.75 Å². The van der Waals surface area contributed by atoms with E-state index in [0.717, 1.165) is 22.6 Å². The first kappa shape index (κ1) is 12.6. The van der Waals surface area contributed by atoms with Crippen LogP contribution in [0.1, 0.15) is 31.9 Å². The molecule has 0 saturated carbocycles. The van der Waals surface area contributed by atoms with Gasteiger partial charge in [0.15, 0.2) is 0 Å². The lowest BCUT2D eigenvalue weighted by Gasteiger charge is -2.28. The fourth-order valence-electron chi connectivity index (χ4n) is 2.27. The largest absolute Gasteiger partial charge is 0.495 e.